The molecule has 166 valence electrons. The van der Waals surface area contributed by atoms with Crippen LogP contribution >= 0.6 is 11.3 Å². The molecule has 1 unspecified atom stereocenters. The number of carbonyl (C=O) groups excluding carboxylic acids is 1. The molecule has 3 aromatic rings. The van der Waals surface area contributed by atoms with Gasteiger partial charge in [0.2, 0.25) is 5.91 Å². The van der Waals surface area contributed by atoms with Gasteiger partial charge in [-0.05, 0) is 55.6 Å². The van der Waals surface area contributed by atoms with Gasteiger partial charge in [-0.25, -0.2) is 4.98 Å². The van der Waals surface area contributed by atoms with Crippen LogP contribution in [0.25, 0.3) is 0 Å². The van der Waals surface area contributed by atoms with Crippen LogP contribution in [0.5, 0.6) is 11.5 Å². The zero-order chi connectivity index (χ0) is 21.9. The van der Waals surface area contributed by atoms with Crippen LogP contribution in [0.4, 0.5) is 5.69 Å². The van der Waals surface area contributed by atoms with E-state index in [1.165, 1.54) is 5.56 Å². The molecule has 5 rings (SSSR count). The Labute approximate surface area is 192 Å². The van der Waals surface area contributed by atoms with Crippen molar-refractivity contribution in [1.29, 1.82) is 0 Å². The fraction of sp³-hybridized carbons (Fsp3) is 0.360. The molecule has 3 heterocycles. The van der Waals surface area contributed by atoms with E-state index in [9.17, 15) is 4.79 Å². The van der Waals surface area contributed by atoms with Crippen molar-refractivity contribution < 1.29 is 14.3 Å². The highest BCUT2D eigenvalue weighted by molar-refractivity contribution is 7.09. The molecule has 2 aromatic carbocycles. The van der Waals surface area contributed by atoms with Crippen LogP contribution in [0.2, 0.25) is 0 Å². The normalized spacial score (nSPS) is 18.0. The molecule has 0 spiro atoms. The SMILES string of the molecule is Cc1ccccc1NC(=O)Cc1nc(CN2CCCC2c2ccc3c(c2)OCCO3)cs1. The number of likely N-dealkylation sites (tertiary alicyclic amines) is 1. The first kappa shape index (κ1) is 21.0. The third-order valence-corrected chi connectivity index (χ3v) is 6.91. The lowest BCUT2D eigenvalue weighted by Gasteiger charge is -2.26. The van der Waals surface area contributed by atoms with Crippen LogP contribution in [-0.2, 0) is 17.8 Å². The number of carbonyl (C=O) groups is 1. The van der Waals surface area contributed by atoms with Crippen molar-refractivity contribution >= 4 is 22.9 Å². The van der Waals surface area contributed by atoms with Gasteiger partial charge in [-0.2, -0.15) is 0 Å². The standard InChI is InChI=1S/C25H27N3O3S/c1-17-5-2-3-6-20(17)27-24(29)14-25-26-19(16-32-25)15-28-10-4-7-21(28)18-8-9-22-23(13-18)31-12-11-30-22/h2-3,5-6,8-9,13,16,21H,4,7,10-12,14-15H2,1H3,(H,27,29). The van der Waals surface area contributed by atoms with Gasteiger partial charge in [0.1, 0.15) is 18.2 Å². The highest BCUT2D eigenvalue weighted by Crippen LogP contribution is 2.38. The Hall–Kier alpha value is -2.90. The number of ether oxygens (including phenoxy) is 2. The van der Waals surface area contributed by atoms with Crippen molar-refractivity contribution in [2.75, 3.05) is 25.1 Å². The van der Waals surface area contributed by atoms with E-state index in [-0.39, 0.29) is 5.91 Å². The summed E-state index contributed by atoms with van der Waals surface area (Å²) in [5.74, 6) is 1.64. The van der Waals surface area contributed by atoms with Gasteiger partial charge in [0.05, 0.1) is 12.1 Å². The van der Waals surface area contributed by atoms with Gasteiger partial charge < -0.3 is 14.8 Å². The molecule has 1 aromatic heterocycles. The molecule has 1 amide bonds. The van der Waals surface area contributed by atoms with Crippen molar-refractivity contribution in [2.24, 2.45) is 0 Å². The predicted molar refractivity (Wildman–Crippen MR) is 125 cm³/mol. The van der Waals surface area contributed by atoms with E-state index in [1.54, 1.807) is 11.3 Å². The van der Waals surface area contributed by atoms with Gasteiger partial charge in [-0.15, -0.1) is 11.3 Å². The molecule has 0 aliphatic carbocycles. The number of anilines is 1. The predicted octanol–water partition coefficient (Wildman–Crippen LogP) is 4.74. The summed E-state index contributed by atoms with van der Waals surface area (Å²) >= 11 is 1.56. The minimum absolute atomic E-state index is 0.0319. The largest absolute Gasteiger partial charge is 0.486 e. The number of fused-ring (bicyclic) bond motifs is 1. The van der Waals surface area contributed by atoms with E-state index in [4.69, 9.17) is 14.5 Å². The average Bonchev–Trinajstić information content (AvgIpc) is 3.45. The Balaban J connectivity index is 1.22. The summed E-state index contributed by atoms with van der Waals surface area (Å²) < 4.78 is 11.4. The zero-order valence-corrected chi connectivity index (χ0v) is 19.0. The van der Waals surface area contributed by atoms with Crippen LogP contribution in [-0.4, -0.2) is 35.5 Å². The summed E-state index contributed by atoms with van der Waals surface area (Å²) in [4.78, 5) is 19.7. The fourth-order valence-electron chi connectivity index (χ4n) is 4.42. The van der Waals surface area contributed by atoms with Crippen molar-refractivity contribution in [3.8, 4) is 11.5 Å². The molecule has 1 saturated heterocycles. The van der Waals surface area contributed by atoms with Gasteiger partial charge in [-0.1, -0.05) is 24.3 Å². The molecule has 0 radical (unpaired) electrons. The molecular weight excluding hydrogens is 422 g/mol. The molecule has 1 N–H and O–H groups in total. The number of rotatable bonds is 6. The maximum atomic E-state index is 12.5. The van der Waals surface area contributed by atoms with E-state index in [2.05, 4.69) is 27.7 Å². The zero-order valence-electron chi connectivity index (χ0n) is 18.2. The summed E-state index contributed by atoms with van der Waals surface area (Å²) in [7, 11) is 0. The highest BCUT2D eigenvalue weighted by atomic mass is 32.1. The number of amides is 1. The molecule has 0 bridgehead atoms. The third-order valence-electron chi connectivity index (χ3n) is 6.01. The number of para-hydroxylation sites is 1. The van der Waals surface area contributed by atoms with Crippen LogP contribution in [0.3, 0.4) is 0 Å². The maximum absolute atomic E-state index is 12.5. The number of hydrogen-bond donors (Lipinski definition) is 1. The van der Waals surface area contributed by atoms with Gasteiger partial charge >= 0.3 is 0 Å². The van der Waals surface area contributed by atoms with E-state index >= 15 is 0 Å². The number of nitrogens with zero attached hydrogens (tertiary/aromatic N) is 2. The first-order valence-electron chi connectivity index (χ1n) is 11.1. The quantitative estimate of drug-likeness (QED) is 0.589. The first-order chi connectivity index (χ1) is 15.7. The van der Waals surface area contributed by atoms with E-state index in [1.807, 2.05) is 37.3 Å². The third kappa shape index (κ3) is 4.64. The van der Waals surface area contributed by atoms with Gasteiger partial charge in [0.15, 0.2) is 11.5 Å². The fourth-order valence-corrected chi connectivity index (χ4v) is 5.20. The number of thiazole rings is 1. The number of aryl methyl sites for hydroxylation is 1. The number of benzene rings is 2. The van der Waals surface area contributed by atoms with Crippen molar-refractivity contribution in [2.45, 2.75) is 38.8 Å². The second-order valence-electron chi connectivity index (χ2n) is 8.30. The van der Waals surface area contributed by atoms with Crippen LogP contribution in [0, 0.1) is 6.92 Å². The van der Waals surface area contributed by atoms with Crippen molar-refractivity contribution in [1.82, 2.24) is 9.88 Å². The number of aromatic nitrogens is 1. The Kier molecular flexibility index (Phi) is 6.10. The molecule has 7 heteroatoms. The van der Waals surface area contributed by atoms with Crippen LogP contribution in [0.1, 0.15) is 40.7 Å². The van der Waals surface area contributed by atoms with E-state index < -0.39 is 0 Å². The van der Waals surface area contributed by atoms with Crippen LogP contribution < -0.4 is 14.8 Å². The molecule has 1 fully saturated rings. The first-order valence-corrected chi connectivity index (χ1v) is 12.0. The summed E-state index contributed by atoms with van der Waals surface area (Å²) in [6, 6.07) is 14.5. The van der Waals surface area contributed by atoms with Crippen molar-refractivity contribution in [3.05, 3.63) is 69.7 Å². The lowest BCUT2D eigenvalue weighted by molar-refractivity contribution is -0.115. The van der Waals surface area contributed by atoms with E-state index in [0.717, 1.165) is 59.4 Å². The van der Waals surface area contributed by atoms with E-state index in [0.29, 0.717) is 25.7 Å². The molecule has 1 atom stereocenters. The topological polar surface area (TPSA) is 63.7 Å². The lowest BCUT2D eigenvalue weighted by atomic mass is 10.0. The Morgan fingerprint density at radius 1 is 1.19 bits per heavy atom. The summed E-state index contributed by atoms with van der Waals surface area (Å²) in [6.45, 7) is 5.03. The molecular formula is C25H27N3O3S. The second-order valence-corrected chi connectivity index (χ2v) is 9.25. The number of nitrogens with one attached hydrogen (secondary N) is 1. The number of hydrogen-bond acceptors (Lipinski definition) is 6. The van der Waals surface area contributed by atoms with Crippen molar-refractivity contribution in [3.63, 3.8) is 0 Å². The minimum atomic E-state index is -0.0319. The Bertz CT molecular complexity index is 1110. The van der Waals surface area contributed by atoms with Gasteiger partial charge in [-0.3, -0.25) is 9.69 Å². The summed E-state index contributed by atoms with van der Waals surface area (Å²) in [5.41, 5.74) is 4.20. The average molecular weight is 450 g/mol. The summed E-state index contributed by atoms with van der Waals surface area (Å²) in [5, 5.41) is 5.92. The molecule has 2 aliphatic heterocycles. The second kappa shape index (κ2) is 9.30. The molecule has 6 nitrogen and oxygen atoms in total. The minimum Gasteiger partial charge on any atom is -0.486 e. The summed E-state index contributed by atoms with van der Waals surface area (Å²) in [6.07, 6.45) is 2.58. The Morgan fingerprint density at radius 3 is 2.91 bits per heavy atom. The monoisotopic (exact) mass is 449 g/mol. The smallest absolute Gasteiger partial charge is 0.231 e. The lowest BCUT2D eigenvalue weighted by Crippen LogP contribution is -2.23. The highest BCUT2D eigenvalue weighted by Gasteiger charge is 2.28. The van der Waals surface area contributed by atoms with Crippen LogP contribution in [0.15, 0.2) is 47.8 Å². The Morgan fingerprint density at radius 2 is 2.03 bits per heavy atom. The molecule has 2 aliphatic rings. The molecule has 0 saturated carbocycles. The van der Waals surface area contributed by atoms with Gasteiger partial charge in [0.25, 0.3) is 0 Å². The maximum Gasteiger partial charge on any atom is 0.231 e. The molecule has 32 heavy (non-hydrogen) atoms. The van der Waals surface area contributed by atoms with Gasteiger partial charge in [0, 0.05) is 23.7 Å².